The fraction of sp³-hybridized carbons (Fsp3) is 0.250. The van der Waals surface area contributed by atoms with E-state index < -0.39 is 5.54 Å². The third-order valence-corrected chi connectivity index (χ3v) is 3.21. The van der Waals surface area contributed by atoms with Gasteiger partial charge in [0.25, 0.3) is 0 Å². The van der Waals surface area contributed by atoms with Crippen LogP contribution in [0.15, 0.2) is 47.1 Å². The maximum Gasteiger partial charge on any atom is 0.242 e. The molecule has 4 heteroatoms. The first-order valence-corrected chi connectivity index (χ1v) is 6.35. The molecule has 0 atom stereocenters. The molecule has 1 aliphatic rings. The lowest BCUT2D eigenvalue weighted by Gasteiger charge is -2.35. The van der Waals surface area contributed by atoms with Crippen LogP contribution in [0.2, 0.25) is 0 Å². The molecule has 0 aromatic heterocycles. The minimum Gasteiger partial charge on any atom is -0.368 e. The van der Waals surface area contributed by atoms with Crippen LogP contribution in [0.3, 0.4) is 0 Å². The summed E-state index contributed by atoms with van der Waals surface area (Å²) >= 11 is 0. The highest BCUT2D eigenvalue weighted by atomic mass is 16.1. The molecule has 20 heavy (non-hydrogen) atoms. The van der Waals surface area contributed by atoms with Gasteiger partial charge in [0.15, 0.2) is 0 Å². The van der Waals surface area contributed by atoms with Crippen molar-refractivity contribution in [3.8, 4) is 11.8 Å². The Bertz CT molecular complexity index is 618. The summed E-state index contributed by atoms with van der Waals surface area (Å²) < 4.78 is 0. The zero-order valence-corrected chi connectivity index (χ0v) is 11.6. The van der Waals surface area contributed by atoms with Crippen LogP contribution in [0.25, 0.3) is 0 Å². The summed E-state index contributed by atoms with van der Waals surface area (Å²) in [4.78, 5) is 17.5. The largest absolute Gasteiger partial charge is 0.368 e. The van der Waals surface area contributed by atoms with Crippen molar-refractivity contribution in [2.24, 2.45) is 10.7 Å². The van der Waals surface area contributed by atoms with Gasteiger partial charge in [-0.3, -0.25) is 9.79 Å². The number of allylic oxidation sites excluding steroid dienone is 1. The quantitative estimate of drug-likeness (QED) is 0.826. The number of carbonyl (C=O) groups excluding carboxylic acids is 1. The van der Waals surface area contributed by atoms with Crippen molar-refractivity contribution < 1.29 is 4.79 Å². The second-order valence-corrected chi connectivity index (χ2v) is 5.05. The molecular weight excluding hydrogens is 250 g/mol. The number of rotatable bonds is 2. The van der Waals surface area contributed by atoms with Crippen LogP contribution in [0, 0.1) is 11.8 Å². The van der Waals surface area contributed by atoms with Crippen molar-refractivity contribution in [3.63, 3.8) is 0 Å². The van der Waals surface area contributed by atoms with E-state index in [4.69, 9.17) is 5.73 Å². The lowest BCUT2D eigenvalue weighted by atomic mass is 10.0. The van der Waals surface area contributed by atoms with Gasteiger partial charge in [0.2, 0.25) is 5.91 Å². The number of hydrogen-bond donors (Lipinski definition) is 1. The van der Waals surface area contributed by atoms with Crippen molar-refractivity contribution in [3.05, 3.63) is 47.7 Å². The average molecular weight is 267 g/mol. The Hall–Kier alpha value is -2.54. The third kappa shape index (κ3) is 3.07. The summed E-state index contributed by atoms with van der Waals surface area (Å²) in [6.45, 7) is 3.95. The molecule has 0 aliphatic carbocycles. The first-order valence-electron chi connectivity index (χ1n) is 6.35. The molecule has 0 radical (unpaired) electrons. The first-order chi connectivity index (χ1) is 9.50. The highest BCUT2D eigenvalue weighted by Gasteiger charge is 2.31. The highest BCUT2D eigenvalue weighted by Crippen LogP contribution is 2.17. The summed E-state index contributed by atoms with van der Waals surface area (Å²) in [7, 11) is 0. The Morgan fingerprint density at radius 3 is 2.65 bits per heavy atom. The summed E-state index contributed by atoms with van der Waals surface area (Å²) in [5.74, 6) is 5.72. The lowest BCUT2D eigenvalue weighted by molar-refractivity contribution is -0.126. The molecule has 0 saturated carbocycles. The van der Waals surface area contributed by atoms with E-state index in [-0.39, 0.29) is 5.91 Å². The van der Waals surface area contributed by atoms with Crippen LogP contribution in [-0.4, -0.2) is 29.2 Å². The molecular formula is C16H17N3O. The molecule has 2 rings (SSSR count). The van der Waals surface area contributed by atoms with Gasteiger partial charge in [-0.05, 0) is 26.0 Å². The Morgan fingerprint density at radius 2 is 2.00 bits per heavy atom. The van der Waals surface area contributed by atoms with E-state index in [0.717, 1.165) is 11.1 Å². The molecule has 1 aromatic carbocycles. The molecule has 1 aromatic rings. The molecule has 0 bridgehead atoms. The fourth-order valence-electron chi connectivity index (χ4n) is 1.68. The highest BCUT2D eigenvalue weighted by molar-refractivity contribution is 5.87. The molecule has 102 valence electrons. The number of primary amides is 1. The van der Waals surface area contributed by atoms with E-state index >= 15 is 0 Å². The molecule has 4 nitrogen and oxygen atoms in total. The van der Waals surface area contributed by atoms with E-state index in [1.165, 1.54) is 0 Å². The third-order valence-electron chi connectivity index (χ3n) is 3.21. The molecule has 1 amide bonds. The van der Waals surface area contributed by atoms with Crippen LogP contribution in [0.1, 0.15) is 19.4 Å². The van der Waals surface area contributed by atoms with Gasteiger partial charge < -0.3 is 10.6 Å². The van der Waals surface area contributed by atoms with Crippen molar-refractivity contribution in [2.75, 3.05) is 6.67 Å². The summed E-state index contributed by atoms with van der Waals surface area (Å²) in [5, 5.41) is 0. The monoisotopic (exact) mass is 267 g/mol. The standard InChI is InChI=1S/C16H17N3O/c1-16(2,15(17)20)19-11-14(10-18-12-19)9-8-13-6-4-3-5-7-13/h3-7,10-11H,12H2,1-2H3,(H2,17,20). The topological polar surface area (TPSA) is 58.7 Å². The molecule has 0 spiro atoms. The number of aliphatic imine (C=N–C) groups is 1. The normalized spacial score (nSPS) is 14.3. The zero-order valence-electron chi connectivity index (χ0n) is 11.6. The molecule has 0 saturated heterocycles. The Morgan fingerprint density at radius 1 is 1.30 bits per heavy atom. The molecule has 1 heterocycles. The van der Waals surface area contributed by atoms with Gasteiger partial charge in [-0.2, -0.15) is 0 Å². The summed E-state index contributed by atoms with van der Waals surface area (Å²) in [5.41, 5.74) is 6.33. The second-order valence-electron chi connectivity index (χ2n) is 5.05. The molecule has 0 unspecified atom stereocenters. The van der Waals surface area contributed by atoms with Gasteiger partial charge >= 0.3 is 0 Å². The Balaban J connectivity index is 2.21. The average Bonchev–Trinajstić information content (AvgIpc) is 2.46. The van der Waals surface area contributed by atoms with E-state index in [1.807, 2.05) is 36.5 Å². The van der Waals surface area contributed by atoms with Crippen LogP contribution >= 0.6 is 0 Å². The first kappa shape index (κ1) is 13.9. The number of benzene rings is 1. The molecule has 1 aliphatic heterocycles. The summed E-state index contributed by atoms with van der Waals surface area (Å²) in [6.07, 6.45) is 3.54. The number of nitrogens with two attached hydrogens (primary N) is 1. The van der Waals surface area contributed by atoms with Gasteiger partial charge in [0.1, 0.15) is 12.2 Å². The Kier molecular flexibility index (Phi) is 3.90. The predicted octanol–water partition coefficient (Wildman–Crippen LogP) is 1.53. The summed E-state index contributed by atoms with van der Waals surface area (Å²) in [6, 6.07) is 9.71. The van der Waals surface area contributed by atoms with E-state index in [1.54, 1.807) is 25.0 Å². The van der Waals surface area contributed by atoms with Gasteiger partial charge in [0.05, 0.1) is 5.57 Å². The minimum atomic E-state index is -0.780. The SMILES string of the molecule is CC(C)(C(N)=O)N1C=C(C#Cc2ccccc2)C=NC1. The number of amides is 1. The van der Waals surface area contributed by atoms with E-state index in [0.29, 0.717) is 6.67 Å². The maximum absolute atomic E-state index is 11.5. The molecule has 2 N–H and O–H groups in total. The molecule has 0 fully saturated rings. The zero-order chi connectivity index (χ0) is 14.6. The number of hydrogen-bond acceptors (Lipinski definition) is 3. The van der Waals surface area contributed by atoms with E-state index in [9.17, 15) is 4.79 Å². The van der Waals surface area contributed by atoms with Crippen molar-refractivity contribution >= 4 is 12.1 Å². The minimum absolute atomic E-state index is 0.388. The maximum atomic E-state index is 11.5. The van der Waals surface area contributed by atoms with Gasteiger partial charge in [-0.1, -0.05) is 30.0 Å². The van der Waals surface area contributed by atoms with Crippen molar-refractivity contribution in [2.45, 2.75) is 19.4 Å². The van der Waals surface area contributed by atoms with Crippen molar-refractivity contribution in [1.82, 2.24) is 4.90 Å². The van der Waals surface area contributed by atoms with Gasteiger partial charge in [0, 0.05) is 18.0 Å². The smallest absolute Gasteiger partial charge is 0.242 e. The van der Waals surface area contributed by atoms with Crippen LogP contribution in [0.4, 0.5) is 0 Å². The van der Waals surface area contributed by atoms with Crippen LogP contribution in [-0.2, 0) is 4.79 Å². The van der Waals surface area contributed by atoms with Gasteiger partial charge in [-0.25, -0.2) is 0 Å². The predicted molar refractivity (Wildman–Crippen MR) is 79.9 cm³/mol. The van der Waals surface area contributed by atoms with Gasteiger partial charge in [-0.15, -0.1) is 0 Å². The van der Waals surface area contributed by atoms with Crippen molar-refractivity contribution in [1.29, 1.82) is 0 Å². The number of carbonyl (C=O) groups is 1. The lowest BCUT2D eigenvalue weighted by Crippen LogP contribution is -2.51. The van der Waals surface area contributed by atoms with Crippen LogP contribution < -0.4 is 5.73 Å². The van der Waals surface area contributed by atoms with Crippen LogP contribution in [0.5, 0.6) is 0 Å². The second kappa shape index (κ2) is 5.62. The van der Waals surface area contributed by atoms with E-state index in [2.05, 4.69) is 16.8 Å². The Labute approximate surface area is 119 Å². The number of nitrogens with zero attached hydrogens (tertiary/aromatic N) is 2. The fourth-order valence-corrected chi connectivity index (χ4v) is 1.68.